The molecule has 2 fully saturated rings. The van der Waals surface area contributed by atoms with Gasteiger partial charge in [-0.1, -0.05) is 18.2 Å². The molecule has 202 valence electrons. The minimum Gasteiger partial charge on any atom is -0.312 e. The minimum atomic E-state index is -0.365. The maximum absolute atomic E-state index is 12.4. The molecule has 10 heteroatoms. The summed E-state index contributed by atoms with van der Waals surface area (Å²) in [5, 5.41) is 8.06. The first-order valence-electron chi connectivity index (χ1n) is 13.1. The van der Waals surface area contributed by atoms with Crippen molar-refractivity contribution in [2.75, 3.05) is 22.9 Å². The fourth-order valence-corrected chi connectivity index (χ4v) is 4.61. The molecule has 2 saturated heterocycles. The van der Waals surface area contributed by atoms with E-state index in [0.717, 1.165) is 35.3 Å². The Kier molecular flexibility index (Phi) is 8.05. The molecule has 5 rings (SSSR count). The Morgan fingerprint density at radius 3 is 1.45 bits per heavy atom. The smallest absolute Gasteiger partial charge is 0.271 e. The highest BCUT2D eigenvalue weighted by molar-refractivity contribution is 5.99. The molecular weight excluding hydrogens is 508 g/mol. The Hall–Kier alpha value is -5.12. The van der Waals surface area contributed by atoms with Crippen LogP contribution in [0.25, 0.3) is 0 Å². The van der Waals surface area contributed by atoms with Gasteiger partial charge in [0.05, 0.1) is 12.4 Å². The Bertz CT molecular complexity index is 1370. The first kappa shape index (κ1) is 26.5. The highest BCUT2D eigenvalue weighted by Gasteiger charge is 2.22. The molecule has 2 aliphatic rings. The van der Waals surface area contributed by atoms with E-state index < -0.39 is 0 Å². The number of benzene rings is 3. The summed E-state index contributed by atoms with van der Waals surface area (Å²) in [5.41, 5.74) is 8.89. The number of hydrogen-bond donors (Lipinski definition) is 2. The molecule has 0 unspecified atom stereocenters. The van der Waals surface area contributed by atoms with E-state index in [-0.39, 0.29) is 23.6 Å². The lowest BCUT2D eigenvalue weighted by Gasteiger charge is -2.15. The summed E-state index contributed by atoms with van der Waals surface area (Å²) >= 11 is 0. The van der Waals surface area contributed by atoms with Gasteiger partial charge in [-0.2, -0.15) is 10.2 Å². The van der Waals surface area contributed by atoms with Crippen molar-refractivity contribution in [3.8, 4) is 0 Å². The standard InChI is InChI=1S/C30H28N6O4/c37-27-6-2-16-35(27)25-12-8-23(9-13-25)29(39)33-31-19-21-4-1-5-22(18-21)20-32-34-30(40)24-10-14-26(15-11-24)36-17-3-7-28(36)38/h1,4-5,8-15,18-20H,2-3,6-7,16-17H2,(H,33,39)(H,34,40). The molecule has 0 bridgehead atoms. The van der Waals surface area contributed by atoms with Gasteiger partial charge in [-0.3, -0.25) is 19.2 Å². The summed E-state index contributed by atoms with van der Waals surface area (Å²) in [4.78, 5) is 52.1. The summed E-state index contributed by atoms with van der Waals surface area (Å²) in [7, 11) is 0. The average molecular weight is 537 g/mol. The summed E-state index contributed by atoms with van der Waals surface area (Å²) in [5.74, 6) is -0.538. The molecule has 0 spiro atoms. The Labute approximate surface area is 231 Å². The molecule has 4 amide bonds. The lowest BCUT2D eigenvalue weighted by atomic mass is 10.1. The van der Waals surface area contributed by atoms with Crippen LogP contribution in [0, 0.1) is 0 Å². The van der Waals surface area contributed by atoms with Gasteiger partial charge in [0.15, 0.2) is 0 Å². The van der Waals surface area contributed by atoms with Crippen LogP contribution in [-0.4, -0.2) is 49.1 Å². The van der Waals surface area contributed by atoms with E-state index in [1.807, 2.05) is 18.2 Å². The lowest BCUT2D eigenvalue weighted by molar-refractivity contribution is -0.117. The number of amides is 4. The summed E-state index contributed by atoms with van der Waals surface area (Å²) in [6.07, 6.45) is 5.81. The third kappa shape index (κ3) is 6.29. The average Bonchev–Trinajstić information content (AvgIpc) is 3.61. The maximum Gasteiger partial charge on any atom is 0.271 e. The third-order valence-corrected chi connectivity index (χ3v) is 6.70. The molecule has 2 aliphatic heterocycles. The highest BCUT2D eigenvalue weighted by atomic mass is 16.2. The highest BCUT2D eigenvalue weighted by Crippen LogP contribution is 2.22. The van der Waals surface area contributed by atoms with Crippen LogP contribution < -0.4 is 20.7 Å². The van der Waals surface area contributed by atoms with Crippen molar-refractivity contribution in [3.63, 3.8) is 0 Å². The molecule has 2 N–H and O–H groups in total. The van der Waals surface area contributed by atoms with Gasteiger partial charge in [-0.25, -0.2) is 10.9 Å². The normalized spacial score (nSPS) is 15.4. The van der Waals surface area contributed by atoms with Crippen molar-refractivity contribution in [2.24, 2.45) is 10.2 Å². The largest absolute Gasteiger partial charge is 0.312 e. The molecule has 10 nitrogen and oxygen atoms in total. The molecule has 3 aromatic carbocycles. The zero-order valence-corrected chi connectivity index (χ0v) is 21.7. The molecule has 0 atom stereocenters. The summed E-state index contributed by atoms with van der Waals surface area (Å²) in [6, 6.07) is 21.0. The fraction of sp³-hybridized carbons (Fsp3) is 0.200. The fourth-order valence-electron chi connectivity index (χ4n) is 4.61. The summed E-state index contributed by atoms with van der Waals surface area (Å²) < 4.78 is 0. The first-order chi connectivity index (χ1) is 19.5. The van der Waals surface area contributed by atoms with Gasteiger partial charge in [0.2, 0.25) is 11.8 Å². The molecule has 3 aromatic rings. The van der Waals surface area contributed by atoms with Crippen molar-refractivity contribution in [3.05, 3.63) is 95.1 Å². The molecule has 2 heterocycles. The molecule has 0 radical (unpaired) electrons. The quantitative estimate of drug-likeness (QED) is 0.338. The molecule has 0 saturated carbocycles. The van der Waals surface area contributed by atoms with Crippen molar-refractivity contribution in [2.45, 2.75) is 25.7 Å². The number of anilines is 2. The van der Waals surface area contributed by atoms with Crippen LogP contribution in [0.1, 0.15) is 57.5 Å². The second-order valence-electron chi connectivity index (χ2n) is 9.46. The molecule has 40 heavy (non-hydrogen) atoms. The number of nitrogens with one attached hydrogen (secondary N) is 2. The van der Waals surface area contributed by atoms with E-state index in [1.54, 1.807) is 64.4 Å². The van der Waals surface area contributed by atoms with Crippen LogP contribution in [0.4, 0.5) is 11.4 Å². The van der Waals surface area contributed by atoms with Crippen molar-refractivity contribution in [1.82, 2.24) is 10.9 Å². The van der Waals surface area contributed by atoms with E-state index in [9.17, 15) is 19.2 Å². The topological polar surface area (TPSA) is 124 Å². The number of carbonyl (C=O) groups is 4. The van der Waals surface area contributed by atoms with Crippen molar-refractivity contribution >= 4 is 47.4 Å². The first-order valence-corrected chi connectivity index (χ1v) is 13.1. The Morgan fingerprint density at radius 1 is 0.650 bits per heavy atom. The number of hydrazone groups is 2. The second-order valence-corrected chi connectivity index (χ2v) is 9.46. The van der Waals surface area contributed by atoms with E-state index in [4.69, 9.17) is 0 Å². The molecular formula is C30H28N6O4. The van der Waals surface area contributed by atoms with Crippen LogP contribution >= 0.6 is 0 Å². The van der Waals surface area contributed by atoms with Crippen molar-refractivity contribution in [1.29, 1.82) is 0 Å². The Morgan fingerprint density at radius 2 is 1.07 bits per heavy atom. The van der Waals surface area contributed by atoms with E-state index in [2.05, 4.69) is 21.1 Å². The SMILES string of the molecule is O=C(NN=Cc1cccc(C=NNC(=O)c2ccc(N3CCCC3=O)cc2)c1)c1ccc(N2CCCC2=O)cc1. The Balaban J connectivity index is 1.12. The van der Waals surface area contributed by atoms with Crippen LogP contribution in [-0.2, 0) is 9.59 Å². The van der Waals surface area contributed by atoms with Gasteiger partial charge in [-0.05, 0) is 78.6 Å². The zero-order valence-electron chi connectivity index (χ0n) is 21.7. The predicted molar refractivity (Wildman–Crippen MR) is 153 cm³/mol. The van der Waals surface area contributed by atoms with Crippen LogP contribution in [0.15, 0.2) is 83.0 Å². The van der Waals surface area contributed by atoms with E-state index >= 15 is 0 Å². The number of rotatable bonds is 8. The van der Waals surface area contributed by atoms with Crippen LogP contribution in [0.5, 0.6) is 0 Å². The predicted octanol–water partition coefficient (Wildman–Crippen LogP) is 3.47. The third-order valence-electron chi connectivity index (χ3n) is 6.70. The summed E-state index contributed by atoms with van der Waals surface area (Å²) in [6.45, 7) is 1.39. The number of hydrogen-bond acceptors (Lipinski definition) is 6. The van der Waals surface area contributed by atoms with Crippen LogP contribution in [0.3, 0.4) is 0 Å². The molecule has 0 aromatic heterocycles. The van der Waals surface area contributed by atoms with Gasteiger partial charge in [0.1, 0.15) is 0 Å². The number of nitrogens with zero attached hydrogens (tertiary/aromatic N) is 4. The van der Waals surface area contributed by atoms with Gasteiger partial charge < -0.3 is 9.80 Å². The van der Waals surface area contributed by atoms with Crippen LogP contribution in [0.2, 0.25) is 0 Å². The number of carbonyl (C=O) groups excluding carboxylic acids is 4. The van der Waals surface area contributed by atoms with Gasteiger partial charge in [0.25, 0.3) is 11.8 Å². The van der Waals surface area contributed by atoms with E-state index in [0.29, 0.717) is 37.1 Å². The van der Waals surface area contributed by atoms with Gasteiger partial charge >= 0.3 is 0 Å². The van der Waals surface area contributed by atoms with Gasteiger partial charge in [0, 0.05) is 48.4 Å². The zero-order chi connectivity index (χ0) is 27.9. The lowest BCUT2D eigenvalue weighted by Crippen LogP contribution is -2.24. The monoisotopic (exact) mass is 536 g/mol. The minimum absolute atomic E-state index is 0.0960. The molecule has 0 aliphatic carbocycles. The second kappa shape index (κ2) is 12.2. The maximum atomic E-state index is 12.4. The van der Waals surface area contributed by atoms with Crippen molar-refractivity contribution < 1.29 is 19.2 Å². The van der Waals surface area contributed by atoms with E-state index in [1.165, 1.54) is 12.4 Å². The van der Waals surface area contributed by atoms with Gasteiger partial charge in [-0.15, -0.1) is 0 Å².